The molecule has 1 aliphatic rings. The molecule has 1 aromatic carbocycles. The molecular weight excluding hydrogens is 384 g/mol. The van der Waals surface area contributed by atoms with Gasteiger partial charge in [0.1, 0.15) is 11.1 Å². The predicted molar refractivity (Wildman–Crippen MR) is 103 cm³/mol. The normalized spacial score (nSPS) is 20.4. The standard InChI is InChI=1S/C18H22N4O5S/c1-12-11-26-7-4-16(12)28(23,24)21-18-17-14(25-2)8-13(9-15(17)27-20-18)10-22-6-3-5-19-22/h3,5-6,8-9,12,16H,4,7,10-11H2,1-2H3,(H,20,21). The van der Waals surface area contributed by atoms with Gasteiger partial charge in [-0.1, -0.05) is 12.1 Å². The molecular formula is C18H22N4O5S. The number of hydrogen-bond donors (Lipinski definition) is 1. The molecule has 2 unspecified atom stereocenters. The molecule has 1 aliphatic heterocycles. The van der Waals surface area contributed by atoms with E-state index in [4.69, 9.17) is 14.0 Å². The van der Waals surface area contributed by atoms with Gasteiger partial charge in [-0.15, -0.1) is 0 Å². The number of benzene rings is 1. The number of ether oxygens (including phenoxy) is 2. The molecule has 10 heteroatoms. The molecule has 9 nitrogen and oxygen atoms in total. The third-order valence-electron chi connectivity index (χ3n) is 4.92. The van der Waals surface area contributed by atoms with Gasteiger partial charge in [0.15, 0.2) is 11.4 Å². The van der Waals surface area contributed by atoms with E-state index in [9.17, 15) is 8.42 Å². The van der Waals surface area contributed by atoms with Crippen LogP contribution in [0.5, 0.6) is 5.75 Å². The van der Waals surface area contributed by atoms with Gasteiger partial charge >= 0.3 is 0 Å². The fourth-order valence-corrected chi connectivity index (χ4v) is 5.18. The molecule has 2 atom stereocenters. The Morgan fingerprint density at radius 3 is 2.96 bits per heavy atom. The Balaban J connectivity index is 1.66. The Labute approximate surface area is 162 Å². The summed E-state index contributed by atoms with van der Waals surface area (Å²) in [5.41, 5.74) is 1.34. The van der Waals surface area contributed by atoms with Gasteiger partial charge in [-0.2, -0.15) is 5.10 Å². The van der Waals surface area contributed by atoms with Crippen molar-refractivity contribution in [3.8, 4) is 5.75 Å². The molecule has 1 saturated heterocycles. The maximum absolute atomic E-state index is 12.9. The molecule has 3 aromatic rings. The zero-order valence-electron chi connectivity index (χ0n) is 15.7. The lowest BCUT2D eigenvalue weighted by Gasteiger charge is -2.28. The van der Waals surface area contributed by atoms with Crippen LogP contribution in [0.2, 0.25) is 0 Å². The van der Waals surface area contributed by atoms with Crippen LogP contribution in [-0.2, 0) is 21.3 Å². The topological polar surface area (TPSA) is 108 Å². The molecule has 4 rings (SSSR count). The van der Waals surface area contributed by atoms with E-state index in [1.807, 2.05) is 25.3 Å². The van der Waals surface area contributed by atoms with Crippen LogP contribution < -0.4 is 9.46 Å². The first-order valence-corrected chi connectivity index (χ1v) is 10.6. The third kappa shape index (κ3) is 3.57. The minimum atomic E-state index is -3.65. The van der Waals surface area contributed by atoms with Crippen molar-refractivity contribution < 1.29 is 22.4 Å². The first kappa shape index (κ1) is 18.8. The summed E-state index contributed by atoms with van der Waals surface area (Å²) in [6.45, 7) is 3.24. The summed E-state index contributed by atoms with van der Waals surface area (Å²) in [5.74, 6) is 0.516. The molecule has 1 N–H and O–H groups in total. The number of fused-ring (bicyclic) bond motifs is 1. The highest BCUT2D eigenvalue weighted by Gasteiger charge is 2.34. The molecule has 28 heavy (non-hydrogen) atoms. The van der Waals surface area contributed by atoms with Crippen LogP contribution in [0.1, 0.15) is 18.9 Å². The van der Waals surface area contributed by atoms with Crippen LogP contribution in [0.15, 0.2) is 35.1 Å². The number of methoxy groups -OCH3 is 1. The van der Waals surface area contributed by atoms with Crippen LogP contribution in [-0.4, -0.2) is 48.9 Å². The smallest absolute Gasteiger partial charge is 0.237 e. The Kier molecular flexibility index (Phi) is 4.98. The lowest BCUT2D eigenvalue weighted by molar-refractivity contribution is 0.0638. The lowest BCUT2D eigenvalue weighted by atomic mass is 10.0. The van der Waals surface area contributed by atoms with Gasteiger partial charge in [0.25, 0.3) is 0 Å². The van der Waals surface area contributed by atoms with Crippen molar-refractivity contribution >= 4 is 26.8 Å². The Bertz CT molecular complexity index is 1060. The highest BCUT2D eigenvalue weighted by Crippen LogP contribution is 2.35. The lowest BCUT2D eigenvalue weighted by Crippen LogP contribution is -2.39. The van der Waals surface area contributed by atoms with Gasteiger partial charge < -0.3 is 14.0 Å². The molecule has 3 heterocycles. The summed E-state index contributed by atoms with van der Waals surface area (Å²) >= 11 is 0. The second-order valence-electron chi connectivity index (χ2n) is 6.93. The Morgan fingerprint density at radius 2 is 2.25 bits per heavy atom. The number of hydrogen-bond acceptors (Lipinski definition) is 7. The van der Waals surface area contributed by atoms with Crippen molar-refractivity contribution in [1.82, 2.24) is 14.9 Å². The Morgan fingerprint density at radius 1 is 1.39 bits per heavy atom. The number of nitrogens with zero attached hydrogens (tertiary/aromatic N) is 3. The summed E-state index contributed by atoms with van der Waals surface area (Å²) in [5, 5.41) is 8.09. The van der Waals surface area contributed by atoms with Gasteiger partial charge in [0.2, 0.25) is 10.0 Å². The van der Waals surface area contributed by atoms with E-state index < -0.39 is 15.3 Å². The molecule has 0 saturated carbocycles. The van der Waals surface area contributed by atoms with Crippen molar-refractivity contribution in [3.05, 3.63) is 36.2 Å². The number of aromatic nitrogens is 3. The average molecular weight is 406 g/mol. The number of anilines is 1. The summed E-state index contributed by atoms with van der Waals surface area (Å²) in [6, 6.07) is 5.48. The monoisotopic (exact) mass is 406 g/mol. The summed E-state index contributed by atoms with van der Waals surface area (Å²) < 4.78 is 46.4. The van der Waals surface area contributed by atoms with E-state index >= 15 is 0 Å². The van der Waals surface area contributed by atoms with Crippen molar-refractivity contribution in [2.75, 3.05) is 25.0 Å². The maximum Gasteiger partial charge on any atom is 0.237 e. The average Bonchev–Trinajstić information content (AvgIpc) is 3.31. The van der Waals surface area contributed by atoms with E-state index in [0.29, 0.717) is 42.9 Å². The molecule has 0 amide bonds. The van der Waals surface area contributed by atoms with Crippen LogP contribution in [0, 0.1) is 5.92 Å². The minimum absolute atomic E-state index is 0.105. The minimum Gasteiger partial charge on any atom is -0.496 e. The first-order valence-electron chi connectivity index (χ1n) is 9.01. The highest BCUT2D eigenvalue weighted by atomic mass is 32.2. The largest absolute Gasteiger partial charge is 0.496 e. The molecule has 2 aromatic heterocycles. The van der Waals surface area contributed by atoms with E-state index in [2.05, 4.69) is 15.0 Å². The molecule has 1 fully saturated rings. The Hall–Kier alpha value is -2.59. The quantitative estimate of drug-likeness (QED) is 0.669. The second-order valence-corrected chi connectivity index (χ2v) is 8.83. The van der Waals surface area contributed by atoms with Gasteiger partial charge in [-0.05, 0) is 36.1 Å². The van der Waals surface area contributed by atoms with E-state index in [0.717, 1.165) is 5.56 Å². The second kappa shape index (κ2) is 7.44. The molecule has 0 spiro atoms. The summed E-state index contributed by atoms with van der Waals surface area (Å²) in [6.07, 6.45) is 4.00. The van der Waals surface area contributed by atoms with Gasteiger partial charge in [-0.25, -0.2) is 8.42 Å². The molecule has 0 aliphatic carbocycles. The highest BCUT2D eigenvalue weighted by molar-refractivity contribution is 7.93. The predicted octanol–water partition coefficient (Wildman–Crippen LogP) is 2.25. The zero-order valence-corrected chi connectivity index (χ0v) is 16.5. The fraction of sp³-hybridized carbons (Fsp3) is 0.444. The molecule has 0 radical (unpaired) electrons. The fourth-order valence-electron chi connectivity index (χ4n) is 3.53. The maximum atomic E-state index is 12.9. The van der Waals surface area contributed by atoms with Crippen molar-refractivity contribution in [2.24, 2.45) is 5.92 Å². The van der Waals surface area contributed by atoms with E-state index in [1.54, 1.807) is 16.9 Å². The van der Waals surface area contributed by atoms with Crippen molar-refractivity contribution in [3.63, 3.8) is 0 Å². The van der Waals surface area contributed by atoms with E-state index in [1.165, 1.54) is 7.11 Å². The van der Waals surface area contributed by atoms with E-state index in [-0.39, 0.29) is 11.7 Å². The van der Waals surface area contributed by atoms with Crippen LogP contribution in [0.4, 0.5) is 5.82 Å². The summed E-state index contributed by atoms with van der Waals surface area (Å²) in [7, 11) is -2.12. The van der Waals surface area contributed by atoms with Crippen LogP contribution in [0.25, 0.3) is 11.0 Å². The van der Waals surface area contributed by atoms with Gasteiger partial charge in [0.05, 0.1) is 25.5 Å². The molecule has 150 valence electrons. The summed E-state index contributed by atoms with van der Waals surface area (Å²) in [4.78, 5) is 0. The van der Waals surface area contributed by atoms with Crippen molar-refractivity contribution in [2.45, 2.75) is 25.1 Å². The van der Waals surface area contributed by atoms with Gasteiger partial charge in [-0.3, -0.25) is 9.40 Å². The zero-order chi connectivity index (χ0) is 19.7. The third-order valence-corrected chi connectivity index (χ3v) is 6.90. The van der Waals surface area contributed by atoms with Crippen molar-refractivity contribution in [1.29, 1.82) is 0 Å². The first-order chi connectivity index (χ1) is 13.5. The van der Waals surface area contributed by atoms with Crippen LogP contribution >= 0.6 is 0 Å². The number of sulfonamides is 1. The SMILES string of the molecule is COc1cc(Cn2cccn2)cc2onc(NS(=O)(=O)C3CCOCC3C)c12. The number of rotatable bonds is 6. The van der Waals surface area contributed by atoms with Gasteiger partial charge in [0, 0.05) is 19.0 Å². The molecule has 0 bridgehead atoms. The number of nitrogens with one attached hydrogen (secondary N) is 1. The van der Waals surface area contributed by atoms with Crippen LogP contribution in [0.3, 0.4) is 0 Å².